The molecule has 7 heteroatoms. The van der Waals surface area contributed by atoms with E-state index in [0.717, 1.165) is 25.8 Å². The second-order valence-electron chi connectivity index (χ2n) is 7.57. The van der Waals surface area contributed by atoms with E-state index in [9.17, 15) is 14.4 Å². The van der Waals surface area contributed by atoms with Gasteiger partial charge in [-0.15, -0.1) is 0 Å². The van der Waals surface area contributed by atoms with Gasteiger partial charge in [0.05, 0.1) is 6.04 Å². The molecule has 148 valence electrons. The summed E-state index contributed by atoms with van der Waals surface area (Å²) in [5, 5.41) is 11.9. The van der Waals surface area contributed by atoms with Crippen LogP contribution in [0.3, 0.4) is 0 Å². The van der Waals surface area contributed by atoms with Crippen LogP contribution in [0.5, 0.6) is 0 Å². The van der Waals surface area contributed by atoms with Gasteiger partial charge in [0.2, 0.25) is 11.8 Å². The molecule has 7 nitrogen and oxygen atoms in total. The number of aliphatic carboxylic acids is 1. The van der Waals surface area contributed by atoms with Gasteiger partial charge in [-0.05, 0) is 46.2 Å². The van der Waals surface area contributed by atoms with E-state index in [1.165, 1.54) is 17.9 Å². The molecule has 1 saturated heterocycles. The van der Waals surface area contributed by atoms with Gasteiger partial charge in [-0.2, -0.15) is 0 Å². The van der Waals surface area contributed by atoms with Crippen LogP contribution in [-0.4, -0.2) is 71.5 Å². The third kappa shape index (κ3) is 5.83. The summed E-state index contributed by atoms with van der Waals surface area (Å²) < 4.78 is 0. The van der Waals surface area contributed by atoms with Gasteiger partial charge in [0.1, 0.15) is 6.04 Å². The number of piperidine rings is 1. The molecule has 1 heterocycles. The Morgan fingerprint density at radius 3 is 2.35 bits per heavy atom. The van der Waals surface area contributed by atoms with Crippen molar-refractivity contribution in [2.75, 3.05) is 20.6 Å². The minimum absolute atomic E-state index is 0.0699. The largest absolute Gasteiger partial charge is 0.478 e. The third-order valence-electron chi connectivity index (χ3n) is 5.09. The first kappa shape index (κ1) is 22.2. The van der Waals surface area contributed by atoms with E-state index < -0.39 is 12.0 Å². The number of carbonyl (C=O) groups excluding carboxylic acids is 2. The predicted molar refractivity (Wildman–Crippen MR) is 101 cm³/mol. The number of likely N-dealkylation sites (N-methyl/N-ethyl adjacent to an activating group) is 2. The number of carbonyl (C=O) groups is 3. The minimum atomic E-state index is -1.01. The maximum atomic E-state index is 12.9. The zero-order valence-electron chi connectivity index (χ0n) is 16.8. The lowest BCUT2D eigenvalue weighted by Crippen LogP contribution is -2.56. The number of hydrogen-bond acceptors (Lipinski definition) is 4. The van der Waals surface area contributed by atoms with Crippen molar-refractivity contribution in [2.45, 2.75) is 65.1 Å². The van der Waals surface area contributed by atoms with Crippen LogP contribution in [0.15, 0.2) is 11.6 Å². The fourth-order valence-electron chi connectivity index (χ4n) is 3.13. The Hall–Kier alpha value is -1.89. The van der Waals surface area contributed by atoms with Crippen LogP contribution in [0.1, 0.15) is 47.0 Å². The number of nitrogens with one attached hydrogen (secondary N) is 1. The zero-order valence-corrected chi connectivity index (χ0v) is 16.8. The second kappa shape index (κ2) is 9.71. The summed E-state index contributed by atoms with van der Waals surface area (Å²) in [4.78, 5) is 40.1. The van der Waals surface area contributed by atoms with E-state index in [1.807, 2.05) is 25.8 Å². The molecule has 1 aliphatic rings. The van der Waals surface area contributed by atoms with Crippen molar-refractivity contribution >= 4 is 17.8 Å². The molecule has 3 atom stereocenters. The lowest BCUT2D eigenvalue weighted by atomic mass is 9.98. The van der Waals surface area contributed by atoms with Crippen LogP contribution >= 0.6 is 0 Å². The van der Waals surface area contributed by atoms with Crippen molar-refractivity contribution < 1.29 is 19.5 Å². The van der Waals surface area contributed by atoms with Gasteiger partial charge >= 0.3 is 5.97 Å². The summed E-state index contributed by atoms with van der Waals surface area (Å²) in [5.41, 5.74) is 0.186. The molecule has 0 bridgehead atoms. The third-order valence-corrected chi connectivity index (χ3v) is 5.09. The molecule has 0 aromatic rings. The number of nitrogens with zero attached hydrogens (tertiary/aromatic N) is 2. The average molecular weight is 367 g/mol. The summed E-state index contributed by atoms with van der Waals surface area (Å²) in [6.07, 6.45) is 4.43. The van der Waals surface area contributed by atoms with Gasteiger partial charge in [-0.25, -0.2) is 4.79 Å². The van der Waals surface area contributed by atoms with Crippen LogP contribution in [-0.2, 0) is 14.4 Å². The Morgan fingerprint density at radius 2 is 1.85 bits per heavy atom. The van der Waals surface area contributed by atoms with Gasteiger partial charge < -0.3 is 15.3 Å². The molecule has 0 spiro atoms. The van der Waals surface area contributed by atoms with E-state index in [1.54, 1.807) is 14.0 Å². The summed E-state index contributed by atoms with van der Waals surface area (Å²) >= 11 is 0. The number of amides is 2. The van der Waals surface area contributed by atoms with Crippen LogP contribution in [0, 0.1) is 5.92 Å². The zero-order chi connectivity index (χ0) is 20.0. The highest BCUT2D eigenvalue weighted by Crippen LogP contribution is 2.16. The Morgan fingerprint density at radius 1 is 1.23 bits per heavy atom. The van der Waals surface area contributed by atoms with Crippen molar-refractivity contribution in [1.29, 1.82) is 0 Å². The monoisotopic (exact) mass is 367 g/mol. The van der Waals surface area contributed by atoms with Gasteiger partial charge in [0.15, 0.2) is 0 Å². The van der Waals surface area contributed by atoms with E-state index >= 15 is 0 Å². The normalized spacial score (nSPS) is 21.2. The lowest BCUT2D eigenvalue weighted by molar-refractivity contribution is -0.139. The van der Waals surface area contributed by atoms with Gasteiger partial charge in [0.25, 0.3) is 0 Å². The fourth-order valence-corrected chi connectivity index (χ4v) is 3.13. The molecule has 0 saturated carbocycles. The van der Waals surface area contributed by atoms with Crippen molar-refractivity contribution in [2.24, 2.45) is 5.92 Å². The Kier molecular flexibility index (Phi) is 8.27. The van der Waals surface area contributed by atoms with Gasteiger partial charge in [-0.1, -0.05) is 26.3 Å². The predicted octanol–water partition coefficient (Wildman–Crippen LogP) is 1.49. The minimum Gasteiger partial charge on any atom is -0.478 e. The quantitative estimate of drug-likeness (QED) is 0.666. The van der Waals surface area contributed by atoms with Crippen LogP contribution in [0.4, 0.5) is 0 Å². The molecule has 26 heavy (non-hydrogen) atoms. The molecule has 3 unspecified atom stereocenters. The number of rotatable bonds is 7. The summed E-state index contributed by atoms with van der Waals surface area (Å²) in [6.45, 7) is 7.93. The topological polar surface area (TPSA) is 90.0 Å². The van der Waals surface area contributed by atoms with Crippen LogP contribution in [0.2, 0.25) is 0 Å². The first-order chi connectivity index (χ1) is 12.1. The average Bonchev–Trinajstić information content (AvgIpc) is 2.57. The molecule has 1 fully saturated rings. The highest BCUT2D eigenvalue weighted by atomic mass is 16.4. The number of likely N-dealkylation sites (tertiary alicyclic amines) is 1. The summed E-state index contributed by atoms with van der Waals surface area (Å²) in [5.74, 6) is -1.40. The summed E-state index contributed by atoms with van der Waals surface area (Å²) in [6, 6.07) is -1.22. The Bertz CT molecular complexity index is 559. The smallest absolute Gasteiger partial charge is 0.331 e. The van der Waals surface area contributed by atoms with Crippen molar-refractivity contribution in [3.8, 4) is 0 Å². The maximum Gasteiger partial charge on any atom is 0.331 e. The van der Waals surface area contributed by atoms with Crippen molar-refractivity contribution in [3.05, 3.63) is 11.6 Å². The van der Waals surface area contributed by atoms with E-state index in [0.29, 0.717) is 0 Å². The molecular weight excluding hydrogens is 334 g/mol. The number of hydrogen-bond donors (Lipinski definition) is 2. The van der Waals surface area contributed by atoms with Crippen LogP contribution in [0.25, 0.3) is 0 Å². The molecule has 0 aromatic carbocycles. The fraction of sp³-hybridized carbons (Fsp3) is 0.737. The van der Waals surface area contributed by atoms with E-state index in [-0.39, 0.29) is 35.4 Å². The SMILES string of the molecule is C/C(=C\C(C)N(C)C(=O)C(NC(=O)C1CCCCN1C)C(C)C)C(=O)O. The molecule has 1 aliphatic heterocycles. The lowest BCUT2D eigenvalue weighted by Gasteiger charge is -2.34. The number of carboxylic acid groups (broad SMARTS) is 1. The molecule has 1 rings (SSSR count). The van der Waals surface area contributed by atoms with E-state index in [2.05, 4.69) is 5.32 Å². The Balaban J connectivity index is 2.84. The van der Waals surface area contributed by atoms with Gasteiger partial charge in [-0.3, -0.25) is 14.5 Å². The van der Waals surface area contributed by atoms with Gasteiger partial charge in [0, 0.05) is 18.7 Å². The molecule has 2 amide bonds. The highest BCUT2D eigenvalue weighted by Gasteiger charge is 2.33. The molecule has 0 aromatic heterocycles. The molecular formula is C19H33N3O4. The second-order valence-corrected chi connectivity index (χ2v) is 7.57. The maximum absolute atomic E-state index is 12.9. The molecule has 2 N–H and O–H groups in total. The molecule has 0 aliphatic carbocycles. The van der Waals surface area contributed by atoms with E-state index in [4.69, 9.17) is 5.11 Å². The first-order valence-electron chi connectivity index (χ1n) is 9.25. The highest BCUT2D eigenvalue weighted by molar-refractivity contribution is 5.90. The van der Waals surface area contributed by atoms with Crippen molar-refractivity contribution in [1.82, 2.24) is 15.1 Å². The number of carboxylic acids is 1. The van der Waals surface area contributed by atoms with Crippen LogP contribution < -0.4 is 5.32 Å². The first-order valence-corrected chi connectivity index (χ1v) is 9.25. The summed E-state index contributed by atoms with van der Waals surface area (Å²) in [7, 11) is 3.57. The Labute approximate surface area is 156 Å². The standard InChI is InChI=1S/C19H33N3O4/c1-12(2)16(20-17(23)15-9-7-8-10-21(15)5)18(24)22(6)14(4)11-13(3)19(25)26/h11-12,14-16H,7-10H2,1-6H3,(H,20,23)(H,25,26)/b13-11+. The van der Waals surface area contributed by atoms with Crippen molar-refractivity contribution in [3.63, 3.8) is 0 Å². The molecule has 0 radical (unpaired) electrons.